The average Bonchev–Trinajstić information content (AvgIpc) is 1.91. The van der Waals surface area contributed by atoms with Crippen LogP contribution >= 0.6 is 0 Å². The molecule has 0 amide bonds. The highest BCUT2D eigenvalue weighted by atomic mass is 14.7. The van der Waals surface area contributed by atoms with Gasteiger partial charge in [-0.2, -0.15) is 0 Å². The lowest BCUT2D eigenvalue weighted by molar-refractivity contribution is 0.119. The average molecular weight is 137 g/mol. The summed E-state index contributed by atoms with van der Waals surface area (Å²) in [6.07, 6.45) is 5.90. The van der Waals surface area contributed by atoms with Crippen molar-refractivity contribution in [2.45, 2.75) is 31.7 Å². The van der Waals surface area contributed by atoms with Gasteiger partial charge in [-0.15, -0.1) is 0 Å². The van der Waals surface area contributed by atoms with Gasteiger partial charge in [0.2, 0.25) is 0 Å². The third-order valence-corrected chi connectivity index (χ3v) is 4.18. The van der Waals surface area contributed by atoms with Crippen molar-refractivity contribution in [1.29, 1.82) is 0 Å². The van der Waals surface area contributed by atoms with E-state index in [1.54, 1.807) is 0 Å². The summed E-state index contributed by atoms with van der Waals surface area (Å²) in [7, 11) is 0. The minimum Gasteiger partial charge on any atom is -0.327 e. The van der Waals surface area contributed by atoms with Crippen LogP contribution in [0.1, 0.15) is 25.7 Å². The topological polar surface area (TPSA) is 26.0 Å². The van der Waals surface area contributed by atoms with E-state index < -0.39 is 0 Å². The van der Waals surface area contributed by atoms with Gasteiger partial charge in [0.1, 0.15) is 0 Å². The molecule has 0 aromatic rings. The number of hydrogen-bond donors (Lipinski definition) is 1. The van der Waals surface area contributed by atoms with Gasteiger partial charge >= 0.3 is 0 Å². The molecule has 6 fully saturated rings. The van der Waals surface area contributed by atoms with E-state index in [2.05, 4.69) is 0 Å². The third kappa shape index (κ3) is 0.493. The van der Waals surface area contributed by atoms with Crippen molar-refractivity contribution in [2.24, 2.45) is 29.4 Å². The van der Waals surface area contributed by atoms with E-state index in [-0.39, 0.29) is 0 Å². The highest BCUT2D eigenvalue weighted by Gasteiger charge is 2.51. The van der Waals surface area contributed by atoms with E-state index >= 15 is 0 Å². The molecule has 1 nitrogen and oxygen atoms in total. The smallest absolute Gasteiger partial charge is 0.00960 e. The quantitative estimate of drug-likeness (QED) is 0.536. The van der Waals surface area contributed by atoms with Crippen LogP contribution in [0.2, 0.25) is 0 Å². The van der Waals surface area contributed by atoms with E-state index in [1.807, 2.05) is 0 Å². The molecule has 6 aliphatic carbocycles. The second-order valence-electron chi connectivity index (χ2n) is 4.56. The van der Waals surface area contributed by atoms with Crippen molar-refractivity contribution in [3.63, 3.8) is 0 Å². The van der Waals surface area contributed by atoms with Crippen LogP contribution in [0.15, 0.2) is 0 Å². The van der Waals surface area contributed by atoms with Crippen LogP contribution in [0.3, 0.4) is 0 Å². The minimum atomic E-state index is 0.593. The van der Waals surface area contributed by atoms with Crippen molar-refractivity contribution in [3.05, 3.63) is 0 Å². The molecule has 56 valence electrons. The lowest BCUT2D eigenvalue weighted by Crippen LogP contribution is -2.39. The summed E-state index contributed by atoms with van der Waals surface area (Å²) >= 11 is 0. The maximum absolute atomic E-state index is 6.10. The molecule has 6 rings (SSSR count). The zero-order valence-electron chi connectivity index (χ0n) is 6.29. The Hall–Kier alpha value is -0.0400. The van der Waals surface area contributed by atoms with Crippen LogP contribution < -0.4 is 5.73 Å². The summed E-state index contributed by atoms with van der Waals surface area (Å²) in [6.45, 7) is 0. The molecule has 0 aromatic heterocycles. The third-order valence-electron chi connectivity index (χ3n) is 4.18. The second kappa shape index (κ2) is 1.58. The van der Waals surface area contributed by atoms with E-state index in [9.17, 15) is 0 Å². The molecule has 6 aliphatic rings. The fraction of sp³-hybridized carbons (Fsp3) is 1.00. The predicted molar refractivity (Wildman–Crippen MR) is 40.4 cm³/mol. The van der Waals surface area contributed by atoms with Crippen molar-refractivity contribution in [1.82, 2.24) is 0 Å². The summed E-state index contributed by atoms with van der Waals surface area (Å²) in [5.41, 5.74) is 6.10. The SMILES string of the molecule is NC1C2CC(C2)C2CC1C2. The van der Waals surface area contributed by atoms with Crippen molar-refractivity contribution in [2.75, 3.05) is 0 Å². The van der Waals surface area contributed by atoms with E-state index in [0.717, 1.165) is 23.7 Å². The first-order chi connectivity index (χ1) is 4.84. The molecular weight excluding hydrogens is 122 g/mol. The summed E-state index contributed by atoms with van der Waals surface area (Å²) < 4.78 is 0. The standard InChI is InChI=1S/C9H15N/c10-9-7-1-5(2-7)6-3-8(9)4-6/h5-9H,1-4,10H2. The maximum atomic E-state index is 6.10. The number of rotatable bonds is 0. The van der Waals surface area contributed by atoms with Crippen LogP contribution in [-0.4, -0.2) is 6.04 Å². The monoisotopic (exact) mass is 137 g/mol. The molecule has 0 heterocycles. The van der Waals surface area contributed by atoms with Crippen LogP contribution in [0.5, 0.6) is 0 Å². The fourth-order valence-corrected chi connectivity index (χ4v) is 3.20. The molecule has 0 saturated heterocycles. The van der Waals surface area contributed by atoms with Gasteiger partial charge in [-0.05, 0) is 49.4 Å². The number of nitrogens with two attached hydrogens (primary N) is 1. The molecule has 0 aromatic carbocycles. The Balaban J connectivity index is 1.89. The van der Waals surface area contributed by atoms with Gasteiger partial charge in [-0.1, -0.05) is 0 Å². The molecule has 1 heteroatoms. The molecule has 6 saturated carbocycles. The van der Waals surface area contributed by atoms with Crippen LogP contribution in [0.4, 0.5) is 0 Å². The molecule has 10 heavy (non-hydrogen) atoms. The summed E-state index contributed by atoms with van der Waals surface area (Å²) in [4.78, 5) is 0. The largest absolute Gasteiger partial charge is 0.327 e. The normalized spacial score (nSPS) is 63.9. The lowest BCUT2D eigenvalue weighted by atomic mass is 9.67. The minimum absolute atomic E-state index is 0.593. The Labute approximate surface area is 62.0 Å². The molecule has 2 N–H and O–H groups in total. The summed E-state index contributed by atoms with van der Waals surface area (Å²) in [6, 6.07) is 0.593. The summed E-state index contributed by atoms with van der Waals surface area (Å²) in [5.74, 6) is 4.08. The molecule has 0 spiro atoms. The van der Waals surface area contributed by atoms with Crippen molar-refractivity contribution >= 4 is 0 Å². The molecule has 0 radical (unpaired) electrons. The van der Waals surface area contributed by atoms with E-state index in [4.69, 9.17) is 5.73 Å². The number of hydrogen-bond acceptors (Lipinski definition) is 1. The van der Waals surface area contributed by atoms with Crippen LogP contribution in [0, 0.1) is 23.7 Å². The maximum Gasteiger partial charge on any atom is 0.00960 e. The zero-order chi connectivity index (χ0) is 6.72. The highest BCUT2D eigenvalue weighted by Crippen LogP contribution is 2.57. The van der Waals surface area contributed by atoms with Crippen LogP contribution in [0.25, 0.3) is 0 Å². The van der Waals surface area contributed by atoms with Gasteiger partial charge in [-0.3, -0.25) is 0 Å². The highest BCUT2D eigenvalue weighted by molar-refractivity contribution is 5.04. The van der Waals surface area contributed by atoms with E-state index in [1.165, 1.54) is 25.7 Å². The molecule has 4 bridgehead atoms. The molecule has 0 atom stereocenters. The first-order valence-corrected chi connectivity index (χ1v) is 4.60. The van der Waals surface area contributed by atoms with Gasteiger partial charge in [0, 0.05) is 6.04 Å². The van der Waals surface area contributed by atoms with E-state index in [0.29, 0.717) is 6.04 Å². The molecule has 0 aliphatic heterocycles. The lowest BCUT2D eigenvalue weighted by Gasteiger charge is -2.38. The van der Waals surface area contributed by atoms with Crippen LogP contribution in [-0.2, 0) is 0 Å². The van der Waals surface area contributed by atoms with Gasteiger partial charge in [0.15, 0.2) is 0 Å². The Morgan fingerprint density at radius 1 is 0.700 bits per heavy atom. The first kappa shape index (κ1) is 5.59. The molecule has 0 unspecified atom stereocenters. The summed E-state index contributed by atoms with van der Waals surface area (Å²) in [5, 5.41) is 0. The van der Waals surface area contributed by atoms with Gasteiger partial charge in [0.05, 0.1) is 0 Å². The van der Waals surface area contributed by atoms with Gasteiger partial charge in [-0.25, -0.2) is 0 Å². The van der Waals surface area contributed by atoms with Crippen molar-refractivity contribution in [3.8, 4) is 0 Å². The Morgan fingerprint density at radius 2 is 1.10 bits per heavy atom. The molecular formula is C9H15N. The Bertz CT molecular complexity index is 136. The second-order valence-corrected chi connectivity index (χ2v) is 4.56. The van der Waals surface area contributed by atoms with Gasteiger partial charge < -0.3 is 5.73 Å². The first-order valence-electron chi connectivity index (χ1n) is 4.60. The Kier molecular flexibility index (Phi) is 0.883. The van der Waals surface area contributed by atoms with Gasteiger partial charge in [0.25, 0.3) is 0 Å². The zero-order valence-corrected chi connectivity index (χ0v) is 6.29. The predicted octanol–water partition coefficient (Wildman–Crippen LogP) is 1.38. The fourth-order valence-electron chi connectivity index (χ4n) is 3.20. The Morgan fingerprint density at radius 3 is 1.50 bits per heavy atom. The van der Waals surface area contributed by atoms with Crippen molar-refractivity contribution < 1.29 is 0 Å².